The van der Waals surface area contributed by atoms with Crippen LogP contribution in [0.2, 0.25) is 36.3 Å². The predicted octanol–water partition coefficient (Wildman–Crippen LogP) is 9.00. The smallest absolute Gasteiger partial charge is 0.204 e. The average molecular weight is 475 g/mol. The highest BCUT2D eigenvalue weighted by Crippen LogP contribution is 2.31. The molecular formula is C28H50O2Si2. The zero-order chi connectivity index (χ0) is 24.5. The normalized spacial score (nSPS) is 13.9. The van der Waals surface area contributed by atoms with Gasteiger partial charge >= 0.3 is 0 Å². The van der Waals surface area contributed by atoms with E-state index in [2.05, 4.69) is 60.2 Å². The van der Waals surface area contributed by atoms with Gasteiger partial charge in [0.1, 0.15) is 0 Å². The summed E-state index contributed by atoms with van der Waals surface area (Å²) in [7, 11) is -4.08. The van der Waals surface area contributed by atoms with Crippen LogP contribution in [-0.4, -0.2) is 28.8 Å². The minimum atomic E-state index is -2.05. The molecule has 0 aliphatic rings. The van der Waals surface area contributed by atoms with Gasteiger partial charge in [0.15, 0.2) is 0 Å². The molecule has 32 heavy (non-hydrogen) atoms. The quantitative estimate of drug-likeness (QED) is 0.115. The van der Waals surface area contributed by atoms with E-state index in [1.165, 1.54) is 12.8 Å². The Labute approximate surface area is 202 Å². The Morgan fingerprint density at radius 2 is 0.969 bits per heavy atom. The summed E-state index contributed by atoms with van der Waals surface area (Å²) in [4.78, 5) is 0. The molecule has 2 atom stereocenters. The lowest BCUT2D eigenvalue weighted by Crippen LogP contribution is -2.44. The van der Waals surface area contributed by atoms with Crippen LogP contribution in [0.1, 0.15) is 46.5 Å². The van der Waals surface area contributed by atoms with Gasteiger partial charge in [-0.05, 0) is 61.9 Å². The summed E-state index contributed by atoms with van der Waals surface area (Å²) >= 11 is 0. The molecule has 2 nitrogen and oxygen atoms in total. The second-order valence-corrected chi connectivity index (χ2v) is 17.2. The molecule has 0 aromatic carbocycles. The molecule has 0 N–H and O–H groups in total. The molecule has 0 spiro atoms. The summed E-state index contributed by atoms with van der Waals surface area (Å²) in [6.07, 6.45) is 16.7. The molecule has 0 radical (unpaired) electrons. The Balaban J connectivity index is 5.64. The first-order valence-electron chi connectivity index (χ1n) is 12.3. The Morgan fingerprint density at radius 1 is 0.594 bits per heavy atom. The van der Waals surface area contributed by atoms with Gasteiger partial charge in [0, 0.05) is 12.2 Å². The number of hydrogen-bond donors (Lipinski definition) is 0. The fraction of sp³-hybridized carbons (Fsp3) is 0.571. The monoisotopic (exact) mass is 474 g/mol. The Kier molecular flexibility index (Phi) is 16.6. The highest BCUT2D eigenvalue weighted by atomic mass is 28.4. The number of hydrogen-bond acceptors (Lipinski definition) is 2. The summed E-state index contributed by atoms with van der Waals surface area (Å²) in [6, 6.07) is 5.50. The van der Waals surface area contributed by atoms with E-state index >= 15 is 0 Å². The van der Waals surface area contributed by atoms with Crippen LogP contribution < -0.4 is 0 Å². The zero-order valence-electron chi connectivity index (χ0n) is 21.3. The minimum Gasteiger partial charge on any atom is -0.413 e. The average Bonchev–Trinajstić information content (AvgIpc) is 2.68. The first-order chi connectivity index (χ1) is 15.3. The molecule has 0 bridgehead atoms. The second-order valence-electron chi connectivity index (χ2n) is 9.55. The van der Waals surface area contributed by atoms with Crippen LogP contribution in [-0.2, 0) is 8.85 Å². The van der Waals surface area contributed by atoms with Crippen LogP contribution in [0.15, 0.2) is 75.9 Å². The van der Waals surface area contributed by atoms with Gasteiger partial charge in [-0.2, -0.15) is 0 Å². The van der Waals surface area contributed by atoms with Crippen molar-refractivity contribution in [1.82, 2.24) is 0 Å². The van der Waals surface area contributed by atoms with Gasteiger partial charge in [0.05, 0.1) is 0 Å². The molecule has 0 aliphatic carbocycles. The van der Waals surface area contributed by atoms with Crippen molar-refractivity contribution in [2.45, 2.75) is 94.9 Å². The topological polar surface area (TPSA) is 18.5 Å². The van der Waals surface area contributed by atoms with Crippen LogP contribution in [0.5, 0.6) is 0 Å². The zero-order valence-corrected chi connectivity index (χ0v) is 23.3. The van der Waals surface area contributed by atoms with Gasteiger partial charge in [-0.25, -0.2) is 0 Å². The lowest BCUT2D eigenvalue weighted by molar-refractivity contribution is 0.0992. The molecular weight excluding hydrogens is 424 g/mol. The number of allylic oxidation sites excluding steroid dienone is 6. The molecule has 4 heteroatoms. The third-order valence-corrected chi connectivity index (χ3v) is 13.8. The molecule has 0 aromatic heterocycles. The summed E-state index contributed by atoms with van der Waals surface area (Å²) in [5.41, 5.74) is 0. The molecule has 0 aliphatic heterocycles. The first kappa shape index (κ1) is 30.8. The molecule has 2 unspecified atom stereocenters. The Hall–Kier alpha value is -1.21. The van der Waals surface area contributed by atoms with Crippen molar-refractivity contribution in [3.8, 4) is 0 Å². The molecule has 182 valence electrons. The van der Waals surface area contributed by atoms with Crippen LogP contribution >= 0.6 is 0 Å². The SMILES string of the molecule is C=CC[Si](CC=C)(CC=C)OC(C)CC(CCCC(C)C)O[Si](CC=C)(CC=C)CC=C. The molecule has 0 heterocycles. The van der Waals surface area contributed by atoms with Crippen LogP contribution in [0, 0.1) is 5.92 Å². The first-order valence-corrected chi connectivity index (χ1v) is 17.3. The van der Waals surface area contributed by atoms with Crippen molar-refractivity contribution in [1.29, 1.82) is 0 Å². The molecule has 0 saturated heterocycles. The molecule has 0 fully saturated rings. The summed E-state index contributed by atoms with van der Waals surface area (Å²) < 4.78 is 13.8. The van der Waals surface area contributed by atoms with Gasteiger partial charge in [-0.3, -0.25) is 0 Å². The molecule has 0 aromatic rings. The Morgan fingerprint density at radius 3 is 1.31 bits per heavy atom. The largest absolute Gasteiger partial charge is 0.413 e. The van der Waals surface area contributed by atoms with Crippen molar-refractivity contribution < 1.29 is 8.85 Å². The predicted molar refractivity (Wildman–Crippen MR) is 150 cm³/mol. The maximum atomic E-state index is 7.01. The third-order valence-electron chi connectivity index (χ3n) is 5.87. The second kappa shape index (κ2) is 17.3. The van der Waals surface area contributed by atoms with Gasteiger partial charge in [-0.1, -0.05) is 63.1 Å². The van der Waals surface area contributed by atoms with Crippen molar-refractivity contribution in [2.75, 3.05) is 0 Å². The van der Waals surface area contributed by atoms with Crippen molar-refractivity contribution in [2.24, 2.45) is 5.92 Å². The van der Waals surface area contributed by atoms with Gasteiger partial charge in [0.25, 0.3) is 0 Å². The third kappa shape index (κ3) is 12.1. The maximum Gasteiger partial charge on any atom is 0.204 e. The minimum absolute atomic E-state index is 0.119. The van der Waals surface area contributed by atoms with Crippen molar-refractivity contribution >= 4 is 16.6 Å². The lowest BCUT2D eigenvalue weighted by Gasteiger charge is -2.37. The fourth-order valence-corrected chi connectivity index (χ4v) is 11.1. The lowest BCUT2D eigenvalue weighted by atomic mass is 10.0. The Bertz CT molecular complexity index is 529. The fourth-order valence-electron chi connectivity index (χ4n) is 4.54. The van der Waals surface area contributed by atoms with Crippen LogP contribution in [0.25, 0.3) is 0 Å². The summed E-state index contributed by atoms with van der Waals surface area (Å²) in [5.74, 6) is 0.702. The molecule has 0 amide bonds. The van der Waals surface area contributed by atoms with E-state index in [0.717, 1.165) is 49.1 Å². The van der Waals surface area contributed by atoms with Crippen molar-refractivity contribution in [3.63, 3.8) is 0 Å². The van der Waals surface area contributed by atoms with Crippen LogP contribution in [0.4, 0.5) is 0 Å². The van der Waals surface area contributed by atoms with E-state index in [4.69, 9.17) is 8.85 Å². The van der Waals surface area contributed by atoms with Crippen molar-refractivity contribution in [3.05, 3.63) is 75.9 Å². The van der Waals surface area contributed by atoms with Gasteiger partial charge in [-0.15, -0.1) is 39.5 Å². The number of rotatable bonds is 22. The summed E-state index contributed by atoms with van der Waals surface area (Å²) in [6.45, 7) is 30.8. The van der Waals surface area contributed by atoms with Gasteiger partial charge < -0.3 is 8.85 Å². The maximum absolute atomic E-state index is 7.01. The standard InChI is InChI=1S/C28H50O2Si2/c1-10-19-31(20-11-2,21-12-3)29-27(9)25-28(18-16-17-26(7)8)30-32(22-13-4,23-14-5)24-15-6/h10-15,26-28H,1-6,16-25H2,7-9H3. The van der Waals surface area contributed by atoms with Gasteiger partial charge in [0.2, 0.25) is 16.6 Å². The summed E-state index contributed by atoms with van der Waals surface area (Å²) in [5, 5.41) is 0. The van der Waals surface area contributed by atoms with E-state index in [0.29, 0.717) is 5.92 Å². The van der Waals surface area contributed by atoms with E-state index in [1.54, 1.807) is 0 Å². The highest BCUT2D eigenvalue weighted by Gasteiger charge is 2.37. The highest BCUT2D eigenvalue weighted by molar-refractivity contribution is 6.75. The van der Waals surface area contributed by atoms with E-state index in [-0.39, 0.29) is 12.2 Å². The molecule has 0 rings (SSSR count). The van der Waals surface area contributed by atoms with E-state index in [1.807, 2.05) is 36.5 Å². The molecule has 0 saturated carbocycles. The van der Waals surface area contributed by atoms with Crippen LogP contribution in [0.3, 0.4) is 0 Å². The van der Waals surface area contributed by atoms with E-state index in [9.17, 15) is 0 Å². The van der Waals surface area contributed by atoms with E-state index < -0.39 is 16.6 Å².